The van der Waals surface area contributed by atoms with Gasteiger partial charge in [-0.3, -0.25) is 4.79 Å². The molecule has 1 amide bonds. The van der Waals surface area contributed by atoms with Crippen LogP contribution in [-0.2, 0) is 0 Å². The van der Waals surface area contributed by atoms with Gasteiger partial charge < -0.3 is 11.1 Å². The number of nitrogens with zero attached hydrogens (tertiary/aromatic N) is 2. The Balaban J connectivity index is 2.24. The second-order valence-corrected chi connectivity index (χ2v) is 4.21. The number of anilines is 2. The normalized spacial score (nSPS) is 10.1. The molecule has 2 aromatic rings. The number of nitrogen functional groups attached to an aromatic ring is 1. The lowest BCUT2D eigenvalue weighted by molar-refractivity contribution is 0.102. The summed E-state index contributed by atoms with van der Waals surface area (Å²) in [6.07, 6.45) is 2.86. The van der Waals surface area contributed by atoms with Gasteiger partial charge in [0, 0.05) is 11.2 Å². The van der Waals surface area contributed by atoms with Crippen LogP contribution in [-0.4, -0.2) is 15.9 Å². The minimum Gasteiger partial charge on any atom is -0.397 e. The molecule has 2 aromatic heterocycles. The van der Waals surface area contributed by atoms with E-state index in [2.05, 4.69) is 15.3 Å². The highest BCUT2D eigenvalue weighted by Crippen LogP contribution is 2.18. The number of carbonyl (C=O) groups excluding carboxylic acids is 1. The molecule has 0 saturated carbocycles. The zero-order chi connectivity index (χ0) is 13.1. The second kappa shape index (κ2) is 5.20. The zero-order valence-electron chi connectivity index (χ0n) is 9.02. The Labute approximate surface area is 113 Å². The highest BCUT2D eigenvalue weighted by Gasteiger charge is 2.12. The summed E-state index contributed by atoms with van der Waals surface area (Å²) >= 11 is 11.6. The summed E-state index contributed by atoms with van der Waals surface area (Å²) in [5.74, 6) is -0.124. The van der Waals surface area contributed by atoms with Gasteiger partial charge in [0.15, 0.2) is 0 Å². The number of hydrogen-bond acceptors (Lipinski definition) is 4. The van der Waals surface area contributed by atoms with Gasteiger partial charge in [0.1, 0.15) is 11.0 Å². The first kappa shape index (κ1) is 12.6. The molecular formula is C11H8Cl2N4O. The maximum atomic E-state index is 11.9. The molecule has 0 bridgehead atoms. The van der Waals surface area contributed by atoms with Gasteiger partial charge in [-0.1, -0.05) is 23.2 Å². The Morgan fingerprint density at radius 2 is 2.06 bits per heavy atom. The van der Waals surface area contributed by atoms with E-state index in [4.69, 9.17) is 28.9 Å². The molecule has 0 spiro atoms. The van der Waals surface area contributed by atoms with E-state index in [9.17, 15) is 4.79 Å². The third-order valence-electron chi connectivity index (χ3n) is 2.07. The van der Waals surface area contributed by atoms with E-state index in [1.807, 2.05) is 0 Å². The molecule has 18 heavy (non-hydrogen) atoms. The van der Waals surface area contributed by atoms with Crippen molar-refractivity contribution in [3.63, 3.8) is 0 Å². The standard InChI is InChI=1S/C11H8Cl2N4O/c12-6-1-2-15-9(3-6)17-11(18)8-4-7(14)5-16-10(8)13/h1-5H,14H2,(H,15,17,18). The van der Waals surface area contributed by atoms with Crippen LogP contribution in [0.5, 0.6) is 0 Å². The lowest BCUT2D eigenvalue weighted by Crippen LogP contribution is -2.14. The third-order valence-corrected chi connectivity index (χ3v) is 2.60. The van der Waals surface area contributed by atoms with E-state index in [0.717, 1.165) is 0 Å². The summed E-state index contributed by atoms with van der Waals surface area (Å²) in [6.45, 7) is 0. The number of nitrogens with one attached hydrogen (secondary N) is 1. The predicted octanol–water partition coefficient (Wildman–Crippen LogP) is 2.62. The van der Waals surface area contributed by atoms with Crippen molar-refractivity contribution in [3.05, 3.63) is 46.3 Å². The molecule has 5 nitrogen and oxygen atoms in total. The van der Waals surface area contributed by atoms with Gasteiger partial charge in [0.05, 0.1) is 17.4 Å². The van der Waals surface area contributed by atoms with Crippen molar-refractivity contribution < 1.29 is 4.79 Å². The summed E-state index contributed by atoms with van der Waals surface area (Å²) in [5, 5.41) is 3.10. The van der Waals surface area contributed by atoms with E-state index in [-0.39, 0.29) is 10.7 Å². The van der Waals surface area contributed by atoms with Crippen molar-refractivity contribution in [1.82, 2.24) is 9.97 Å². The average molecular weight is 283 g/mol. The van der Waals surface area contributed by atoms with Gasteiger partial charge in [0.2, 0.25) is 0 Å². The molecule has 7 heteroatoms. The molecule has 0 aliphatic heterocycles. The number of hydrogen-bond donors (Lipinski definition) is 2. The maximum absolute atomic E-state index is 11.9. The highest BCUT2D eigenvalue weighted by molar-refractivity contribution is 6.33. The minimum atomic E-state index is -0.449. The van der Waals surface area contributed by atoms with Crippen molar-refractivity contribution in [2.24, 2.45) is 0 Å². The fourth-order valence-electron chi connectivity index (χ4n) is 1.28. The summed E-state index contributed by atoms with van der Waals surface area (Å²) in [7, 11) is 0. The second-order valence-electron chi connectivity index (χ2n) is 3.42. The quantitative estimate of drug-likeness (QED) is 0.830. The Bertz CT molecular complexity index is 603. The lowest BCUT2D eigenvalue weighted by atomic mass is 10.2. The van der Waals surface area contributed by atoms with E-state index in [0.29, 0.717) is 16.5 Å². The molecule has 0 saturated heterocycles. The molecule has 0 fully saturated rings. The lowest BCUT2D eigenvalue weighted by Gasteiger charge is -2.06. The average Bonchev–Trinajstić information content (AvgIpc) is 2.32. The molecule has 3 N–H and O–H groups in total. The molecule has 0 aliphatic carbocycles. The Hall–Kier alpha value is -1.85. The van der Waals surface area contributed by atoms with Gasteiger partial charge in [0.25, 0.3) is 5.91 Å². The SMILES string of the molecule is Nc1cnc(Cl)c(C(=O)Nc2cc(Cl)ccn2)c1. The van der Waals surface area contributed by atoms with Gasteiger partial charge in [-0.2, -0.15) is 0 Å². The first-order chi connectivity index (χ1) is 8.56. The molecular weight excluding hydrogens is 275 g/mol. The Morgan fingerprint density at radius 1 is 1.28 bits per heavy atom. The predicted molar refractivity (Wildman–Crippen MR) is 70.9 cm³/mol. The van der Waals surface area contributed by atoms with Crippen molar-refractivity contribution in [2.45, 2.75) is 0 Å². The summed E-state index contributed by atoms with van der Waals surface area (Å²) in [4.78, 5) is 19.7. The zero-order valence-corrected chi connectivity index (χ0v) is 10.5. The number of rotatable bonds is 2. The van der Waals surface area contributed by atoms with Crippen molar-refractivity contribution >= 4 is 40.6 Å². The molecule has 2 rings (SSSR count). The number of nitrogens with two attached hydrogens (primary N) is 1. The number of halogens is 2. The monoisotopic (exact) mass is 282 g/mol. The van der Waals surface area contributed by atoms with Gasteiger partial charge >= 0.3 is 0 Å². The fourth-order valence-corrected chi connectivity index (χ4v) is 1.63. The smallest absolute Gasteiger partial charge is 0.260 e. The van der Waals surface area contributed by atoms with Gasteiger partial charge in [-0.25, -0.2) is 9.97 Å². The fraction of sp³-hybridized carbons (Fsp3) is 0. The van der Waals surface area contributed by atoms with Crippen LogP contribution >= 0.6 is 23.2 Å². The Kier molecular flexibility index (Phi) is 3.64. The molecule has 92 valence electrons. The largest absolute Gasteiger partial charge is 0.397 e. The topological polar surface area (TPSA) is 80.9 Å². The van der Waals surface area contributed by atoms with Crippen LogP contribution in [0.3, 0.4) is 0 Å². The molecule has 2 heterocycles. The number of pyridine rings is 2. The first-order valence-corrected chi connectivity index (χ1v) is 5.66. The van der Waals surface area contributed by atoms with Crippen LogP contribution in [0, 0.1) is 0 Å². The molecule has 0 atom stereocenters. The maximum Gasteiger partial charge on any atom is 0.260 e. The summed E-state index contributed by atoms with van der Waals surface area (Å²) in [6, 6.07) is 4.56. The van der Waals surface area contributed by atoms with E-state index < -0.39 is 5.91 Å². The number of carbonyl (C=O) groups is 1. The number of amides is 1. The summed E-state index contributed by atoms with van der Waals surface area (Å²) < 4.78 is 0. The van der Waals surface area contributed by atoms with Crippen LogP contribution in [0.1, 0.15) is 10.4 Å². The molecule has 0 aliphatic rings. The molecule has 0 radical (unpaired) electrons. The van der Waals surface area contributed by atoms with Crippen molar-refractivity contribution in [1.29, 1.82) is 0 Å². The molecule has 0 unspecified atom stereocenters. The summed E-state index contributed by atoms with van der Waals surface area (Å²) in [5.41, 5.74) is 6.07. The van der Waals surface area contributed by atoms with Gasteiger partial charge in [-0.05, 0) is 18.2 Å². The first-order valence-electron chi connectivity index (χ1n) is 4.90. The Morgan fingerprint density at radius 3 is 2.78 bits per heavy atom. The van der Waals surface area contributed by atoms with Crippen molar-refractivity contribution in [3.8, 4) is 0 Å². The van der Waals surface area contributed by atoms with Crippen LogP contribution in [0.4, 0.5) is 11.5 Å². The van der Waals surface area contributed by atoms with Crippen LogP contribution in [0.15, 0.2) is 30.6 Å². The third kappa shape index (κ3) is 2.88. The highest BCUT2D eigenvalue weighted by atomic mass is 35.5. The van der Waals surface area contributed by atoms with Gasteiger partial charge in [-0.15, -0.1) is 0 Å². The van der Waals surface area contributed by atoms with E-state index in [1.165, 1.54) is 24.5 Å². The van der Waals surface area contributed by atoms with Crippen molar-refractivity contribution in [2.75, 3.05) is 11.1 Å². The van der Waals surface area contributed by atoms with E-state index in [1.54, 1.807) is 6.07 Å². The molecule has 0 aromatic carbocycles. The minimum absolute atomic E-state index is 0.0729. The van der Waals surface area contributed by atoms with Crippen LogP contribution in [0.2, 0.25) is 10.2 Å². The van der Waals surface area contributed by atoms with E-state index >= 15 is 0 Å². The van der Waals surface area contributed by atoms with Crippen LogP contribution in [0.25, 0.3) is 0 Å². The van der Waals surface area contributed by atoms with Crippen LogP contribution < -0.4 is 11.1 Å². The number of aromatic nitrogens is 2.